The van der Waals surface area contributed by atoms with E-state index in [0.29, 0.717) is 5.05 Å². The molecule has 0 saturated heterocycles. The summed E-state index contributed by atoms with van der Waals surface area (Å²) in [7, 11) is 0. The fraction of sp³-hybridized carbons (Fsp3) is 0.312. The Morgan fingerprint density at radius 1 is 1.16 bits per heavy atom. The maximum Gasteiger partial charge on any atom is 2.00 e. The van der Waals surface area contributed by atoms with Gasteiger partial charge in [0.05, 0.1) is 6.61 Å². The summed E-state index contributed by atoms with van der Waals surface area (Å²) in [5.74, 6) is 0. The molecule has 0 aromatic heterocycles. The van der Waals surface area contributed by atoms with Crippen LogP contribution in [0.15, 0.2) is 54.6 Å². The van der Waals surface area contributed by atoms with Gasteiger partial charge >= 0.3 is 17.1 Å². The average molecular weight is 316 g/mol. The zero-order chi connectivity index (χ0) is 13.1. The van der Waals surface area contributed by atoms with E-state index in [2.05, 4.69) is 24.3 Å². The Morgan fingerprint density at radius 3 is 2.37 bits per heavy atom. The van der Waals surface area contributed by atoms with Gasteiger partial charge in [-0.1, -0.05) is 6.42 Å². The van der Waals surface area contributed by atoms with Gasteiger partial charge in [-0.3, -0.25) is 0 Å². The number of unbranched alkanes of at least 4 members (excludes halogenated alkanes) is 1. The van der Waals surface area contributed by atoms with Gasteiger partial charge in [0.1, 0.15) is 0 Å². The van der Waals surface area contributed by atoms with Gasteiger partial charge in [0.2, 0.25) is 0 Å². The number of rotatable bonds is 5. The fourth-order valence-electron chi connectivity index (χ4n) is 1.55. The molecule has 0 saturated carbocycles. The molecule has 0 unspecified atom stereocenters. The Balaban J connectivity index is 0.000000454. The Hall–Kier alpha value is -0.891. The topological polar surface area (TPSA) is 9.23 Å². The Kier molecular flexibility index (Phi) is 11.6. The molecular weight excluding hydrogens is 296 g/mol. The first-order chi connectivity index (χ1) is 8.79. The molecule has 0 bridgehead atoms. The van der Waals surface area contributed by atoms with Gasteiger partial charge in [-0.2, -0.15) is 35.9 Å². The van der Waals surface area contributed by atoms with Crippen LogP contribution in [-0.4, -0.2) is 11.7 Å². The molecule has 0 atom stereocenters. The minimum atomic E-state index is 0. The van der Waals surface area contributed by atoms with Crippen LogP contribution in [-0.2, 0) is 28.2 Å². The summed E-state index contributed by atoms with van der Waals surface area (Å²) in [5.41, 5.74) is 1.42. The quantitative estimate of drug-likeness (QED) is 0.348. The van der Waals surface area contributed by atoms with E-state index in [-0.39, 0.29) is 17.1 Å². The molecule has 0 amide bonds. The van der Waals surface area contributed by atoms with Crippen molar-refractivity contribution in [2.24, 2.45) is 0 Å². The number of ether oxygens (including phenoxy) is 1. The summed E-state index contributed by atoms with van der Waals surface area (Å²) in [6, 6.07) is 18.5. The third-order valence-corrected chi connectivity index (χ3v) is 2.57. The largest absolute Gasteiger partial charge is 2.00 e. The fourth-order valence-corrected chi connectivity index (χ4v) is 1.63. The van der Waals surface area contributed by atoms with Crippen LogP contribution in [0.5, 0.6) is 0 Å². The van der Waals surface area contributed by atoms with E-state index in [1.54, 1.807) is 0 Å². The first-order valence-electron chi connectivity index (χ1n) is 6.29. The van der Waals surface area contributed by atoms with Crippen molar-refractivity contribution < 1.29 is 21.8 Å². The molecule has 0 aliphatic heterocycles. The van der Waals surface area contributed by atoms with Crippen LogP contribution in [0.1, 0.15) is 25.3 Å². The van der Waals surface area contributed by atoms with Crippen molar-refractivity contribution in [3.05, 3.63) is 60.2 Å². The molecule has 2 aromatic carbocycles. The van der Waals surface area contributed by atoms with Crippen molar-refractivity contribution in [3.63, 3.8) is 0 Å². The van der Waals surface area contributed by atoms with Crippen molar-refractivity contribution in [1.29, 1.82) is 0 Å². The second-order valence-electron chi connectivity index (χ2n) is 4.05. The third kappa shape index (κ3) is 10.7. The summed E-state index contributed by atoms with van der Waals surface area (Å²) in [6.07, 6.45) is 3.40. The third-order valence-electron chi connectivity index (χ3n) is 2.45. The summed E-state index contributed by atoms with van der Waals surface area (Å²) >= 11 is 4.80. The molecule has 3 heteroatoms. The van der Waals surface area contributed by atoms with E-state index in [9.17, 15) is 0 Å². The van der Waals surface area contributed by atoms with Gasteiger partial charge in [0, 0.05) is 6.92 Å². The molecule has 19 heavy (non-hydrogen) atoms. The molecule has 0 aliphatic rings. The minimum absolute atomic E-state index is 0. The predicted molar refractivity (Wildman–Crippen MR) is 81.2 cm³/mol. The normalized spacial score (nSPS) is 8.89. The van der Waals surface area contributed by atoms with Crippen LogP contribution < -0.4 is 0 Å². The van der Waals surface area contributed by atoms with Crippen LogP contribution in [0.25, 0.3) is 0 Å². The van der Waals surface area contributed by atoms with Crippen molar-refractivity contribution in [3.8, 4) is 0 Å². The molecule has 0 heterocycles. The maximum absolute atomic E-state index is 5.19. The monoisotopic (exact) mass is 316 g/mol. The SMILES string of the molecule is CC(=S)OCCCCc1ccc[cH-]1.[Fe+2].c1cc[cH-]c1. The van der Waals surface area contributed by atoms with Gasteiger partial charge in [0.15, 0.2) is 5.05 Å². The number of hydrogen-bond donors (Lipinski definition) is 0. The molecule has 0 aliphatic carbocycles. The first-order valence-corrected chi connectivity index (χ1v) is 6.70. The van der Waals surface area contributed by atoms with E-state index in [1.165, 1.54) is 12.0 Å². The van der Waals surface area contributed by atoms with Crippen molar-refractivity contribution in [1.82, 2.24) is 0 Å². The second-order valence-corrected chi connectivity index (χ2v) is 4.63. The van der Waals surface area contributed by atoms with Crippen molar-refractivity contribution >= 4 is 17.3 Å². The van der Waals surface area contributed by atoms with Crippen molar-refractivity contribution in [2.75, 3.05) is 6.61 Å². The van der Waals surface area contributed by atoms with Gasteiger partial charge in [-0.05, 0) is 25.1 Å². The van der Waals surface area contributed by atoms with Crippen molar-refractivity contribution in [2.45, 2.75) is 26.2 Å². The molecule has 2 rings (SSSR count). The summed E-state index contributed by atoms with van der Waals surface area (Å²) in [5, 5.41) is 0.647. The molecule has 2 aromatic rings. The molecule has 104 valence electrons. The molecule has 1 nitrogen and oxygen atoms in total. The van der Waals surface area contributed by atoms with E-state index < -0.39 is 0 Å². The molecule has 0 radical (unpaired) electrons. The predicted octanol–water partition coefficient (Wildman–Crippen LogP) is 4.50. The van der Waals surface area contributed by atoms with Crippen LogP contribution in [0, 0.1) is 0 Å². The average Bonchev–Trinajstić information content (AvgIpc) is 3.04. The Bertz CT molecular complexity index is 375. The molecule has 0 spiro atoms. The molecule has 0 N–H and O–H groups in total. The second kappa shape index (κ2) is 12.2. The summed E-state index contributed by atoms with van der Waals surface area (Å²) < 4.78 is 5.19. The standard InChI is InChI=1S/C11H15OS.C5H5.Fe/c1-10(13)12-9-5-4-8-11-6-2-3-7-11;1-2-4-5-3-1;/h2-3,6-7H,4-5,8-9H2,1H3;1-5H;/q2*-1;+2. The minimum Gasteiger partial charge on any atom is -0.487 e. The Labute approximate surface area is 132 Å². The zero-order valence-electron chi connectivity index (χ0n) is 11.2. The van der Waals surface area contributed by atoms with Gasteiger partial charge in [-0.25, -0.2) is 24.3 Å². The van der Waals surface area contributed by atoms with Crippen LogP contribution >= 0.6 is 12.2 Å². The van der Waals surface area contributed by atoms with E-state index >= 15 is 0 Å². The van der Waals surface area contributed by atoms with E-state index in [4.69, 9.17) is 17.0 Å². The van der Waals surface area contributed by atoms with Crippen LogP contribution in [0.3, 0.4) is 0 Å². The Morgan fingerprint density at radius 2 is 1.89 bits per heavy atom. The van der Waals surface area contributed by atoms with E-state index in [1.807, 2.05) is 37.3 Å². The van der Waals surface area contributed by atoms with Gasteiger partial charge < -0.3 is 4.74 Å². The van der Waals surface area contributed by atoms with Crippen LogP contribution in [0.4, 0.5) is 0 Å². The van der Waals surface area contributed by atoms with Gasteiger partial charge in [-0.15, -0.1) is 0 Å². The van der Waals surface area contributed by atoms with Crippen LogP contribution in [0.2, 0.25) is 0 Å². The first kappa shape index (κ1) is 18.1. The number of thiocarbonyl (C=S) groups is 1. The summed E-state index contributed by atoms with van der Waals surface area (Å²) in [4.78, 5) is 0. The van der Waals surface area contributed by atoms with Gasteiger partial charge in [0.25, 0.3) is 0 Å². The van der Waals surface area contributed by atoms with E-state index in [0.717, 1.165) is 19.4 Å². The smallest absolute Gasteiger partial charge is 0.487 e. The molecule has 0 fully saturated rings. The number of hydrogen-bond acceptors (Lipinski definition) is 2. The maximum atomic E-state index is 5.19. The number of aryl methyl sites for hydroxylation is 1. The summed E-state index contributed by atoms with van der Waals surface area (Å²) in [6.45, 7) is 2.57. The zero-order valence-corrected chi connectivity index (χ0v) is 13.1. The molecular formula is C16H20FeOS.